The first-order valence-electron chi connectivity index (χ1n) is 9.18. The second-order valence-corrected chi connectivity index (χ2v) is 7.51. The van der Waals surface area contributed by atoms with Gasteiger partial charge in [0.15, 0.2) is 0 Å². The van der Waals surface area contributed by atoms with E-state index in [-0.39, 0.29) is 23.7 Å². The third-order valence-corrected chi connectivity index (χ3v) is 5.87. The number of likely N-dealkylation sites (tertiary alicyclic amines) is 1. The summed E-state index contributed by atoms with van der Waals surface area (Å²) < 4.78 is 0. The van der Waals surface area contributed by atoms with Crippen molar-refractivity contribution in [1.29, 1.82) is 0 Å². The molecule has 2 aliphatic rings. The number of hydrogen-bond acceptors (Lipinski definition) is 2. The van der Waals surface area contributed by atoms with Crippen LogP contribution in [-0.4, -0.2) is 35.0 Å². The number of benzene rings is 2. The molecule has 1 saturated carbocycles. The van der Waals surface area contributed by atoms with Gasteiger partial charge in [0.2, 0.25) is 5.91 Å². The van der Waals surface area contributed by atoms with Crippen molar-refractivity contribution in [3.05, 3.63) is 71.3 Å². The summed E-state index contributed by atoms with van der Waals surface area (Å²) in [5.74, 6) is -1.09. The van der Waals surface area contributed by atoms with E-state index in [2.05, 4.69) is 19.1 Å². The van der Waals surface area contributed by atoms with Gasteiger partial charge in [0, 0.05) is 24.9 Å². The van der Waals surface area contributed by atoms with Crippen LogP contribution in [0.5, 0.6) is 0 Å². The van der Waals surface area contributed by atoms with E-state index in [4.69, 9.17) is 0 Å². The lowest BCUT2D eigenvalue weighted by Crippen LogP contribution is -2.31. The van der Waals surface area contributed by atoms with E-state index in [1.165, 1.54) is 11.1 Å². The second-order valence-electron chi connectivity index (χ2n) is 7.51. The average molecular weight is 349 g/mol. The van der Waals surface area contributed by atoms with Crippen LogP contribution in [0.2, 0.25) is 0 Å². The van der Waals surface area contributed by atoms with Gasteiger partial charge in [0.25, 0.3) is 0 Å². The maximum absolute atomic E-state index is 13.0. The predicted molar refractivity (Wildman–Crippen MR) is 98.9 cm³/mol. The minimum absolute atomic E-state index is 0.0000632. The highest BCUT2D eigenvalue weighted by atomic mass is 16.4. The summed E-state index contributed by atoms with van der Waals surface area (Å²) in [7, 11) is 0. The van der Waals surface area contributed by atoms with Crippen molar-refractivity contribution in [3.63, 3.8) is 0 Å². The molecular formula is C22H23NO3. The zero-order valence-electron chi connectivity index (χ0n) is 14.8. The van der Waals surface area contributed by atoms with Crippen LogP contribution in [0.15, 0.2) is 54.6 Å². The average Bonchev–Trinajstić information content (AvgIpc) is 3.31. The number of rotatable bonds is 4. The summed E-state index contributed by atoms with van der Waals surface area (Å²) in [5.41, 5.74) is 3.47. The van der Waals surface area contributed by atoms with Gasteiger partial charge in [-0.2, -0.15) is 0 Å². The first-order chi connectivity index (χ1) is 12.6. The van der Waals surface area contributed by atoms with Crippen molar-refractivity contribution in [1.82, 2.24) is 4.90 Å². The molecule has 1 N–H and O–H groups in total. The lowest BCUT2D eigenvalue weighted by Gasteiger charge is -2.17. The van der Waals surface area contributed by atoms with Crippen LogP contribution >= 0.6 is 0 Å². The van der Waals surface area contributed by atoms with Gasteiger partial charge in [-0.05, 0) is 36.0 Å². The van der Waals surface area contributed by atoms with Crippen molar-refractivity contribution >= 4 is 11.9 Å². The molecule has 2 aromatic carbocycles. The number of aliphatic carboxylic acids is 1. The van der Waals surface area contributed by atoms with E-state index in [1.54, 1.807) is 4.90 Å². The summed E-state index contributed by atoms with van der Waals surface area (Å²) >= 11 is 0. The van der Waals surface area contributed by atoms with Crippen LogP contribution in [0, 0.1) is 18.8 Å². The van der Waals surface area contributed by atoms with Gasteiger partial charge < -0.3 is 10.0 Å². The van der Waals surface area contributed by atoms with Crippen molar-refractivity contribution in [3.8, 4) is 0 Å². The summed E-state index contributed by atoms with van der Waals surface area (Å²) in [6.07, 6.45) is 0.869. The number of aryl methyl sites for hydroxylation is 1. The van der Waals surface area contributed by atoms with Gasteiger partial charge >= 0.3 is 5.97 Å². The van der Waals surface area contributed by atoms with Gasteiger partial charge in [0.05, 0.1) is 5.92 Å². The molecule has 4 nitrogen and oxygen atoms in total. The van der Waals surface area contributed by atoms with Gasteiger partial charge in [-0.3, -0.25) is 9.59 Å². The molecule has 26 heavy (non-hydrogen) atoms. The van der Waals surface area contributed by atoms with Gasteiger partial charge in [-0.15, -0.1) is 0 Å². The highest BCUT2D eigenvalue weighted by Crippen LogP contribution is 2.50. The number of carbonyl (C=O) groups excluding carboxylic acids is 1. The quantitative estimate of drug-likeness (QED) is 0.920. The molecule has 2 aromatic rings. The molecule has 134 valence electrons. The Bertz CT molecular complexity index is 832. The number of amides is 1. The Labute approximate surface area is 153 Å². The number of nitrogens with zero attached hydrogens (tertiary/aromatic N) is 1. The van der Waals surface area contributed by atoms with E-state index < -0.39 is 11.9 Å². The Morgan fingerprint density at radius 2 is 1.62 bits per heavy atom. The van der Waals surface area contributed by atoms with Crippen molar-refractivity contribution < 1.29 is 14.7 Å². The zero-order valence-corrected chi connectivity index (χ0v) is 14.8. The van der Waals surface area contributed by atoms with E-state index in [9.17, 15) is 14.7 Å². The molecule has 4 rings (SSSR count). The highest BCUT2D eigenvalue weighted by molar-refractivity contribution is 5.85. The molecule has 1 saturated heterocycles. The fourth-order valence-corrected chi connectivity index (χ4v) is 4.32. The Hall–Kier alpha value is -2.62. The SMILES string of the molecule is Cc1ccccc1C1CC1C(=O)N1CC(C(=O)O)C(c2ccccc2)C1. The summed E-state index contributed by atoms with van der Waals surface area (Å²) in [6.45, 7) is 2.89. The maximum atomic E-state index is 13.0. The first kappa shape index (κ1) is 16.8. The zero-order chi connectivity index (χ0) is 18.3. The molecule has 0 bridgehead atoms. The minimum Gasteiger partial charge on any atom is -0.481 e. The summed E-state index contributed by atoms with van der Waals surface area (Å²) in [5, 5.41) is 9.63. The van der Waals surface area contributed by atoms with Crippen molar-refractivity contribution in [2.75, 3.05) is 13.1 Å². The number of carbonyl (C=O) groups is 2. The fraction of sp³-hybridized carbons (Fsp3) is 0.364. The van der Waals surface area contributed by atoms with Gasteiger partial charge in [0.1, 0.15) is 0 Å². The lowest BCUT2D eigenvalue weighted by atomic mass is 9.89. The Morgan fingerprint density at radius 3 is 2.31 bits per heavy atom. The van der Waals surface area contributed by atoms with Crippen LogP contribution in [0.25, 0.3) is 0 Å². The maximum Gasteiger partial charge on any atom is 0.308 e. The van der Waals surface area contributed by atoms with Crippen LogP contribution in [-0.2, 0) is 9.59 Å². The lowest BCUT2D eigenvalue weighted by molar-refractivity contribution is -0.142. The first-order valence-corrected chi connectivity index (χ1v) is 9.18. The van der Waals surface area contributed by atoms with Crippen LogP contribution < -0.4 is 0 Å². The summed E-state index contributed by atoms with van der Waals surface area (Å²) in [6, 6.07) is 17.9. The Morgan fingerprint density at radius 1 is 0.923 bits per heavy atom. The van der Waals surface area contributed by atoms with Crippen molar-refractivity contribution in [2.45, 2.75) is 25.2 Å². The third-order valence-electron chi connectivity index (χ3n) is 5.87. The summed E-state index contributed by atoms with van der Waals surface area (Å²) in [4.78, 5) is 26.5. The molecule has 4 unspecified atom stereocenters. The number of carboxylic acid groups (broad SMARTS) is 1. The molecule has 4 atom stereocenters. The van der Waals surface area contributed by atoms with Gasteiger partial charge in [-0.1, -0.05) is 54.6 Å². The van der Waals surface area contributed by atoms with E-state index in [0.717, 1.165) is 12.0 Å². The topological polar surface area (TPSA) is 57.6 Å². The molecular weight excluding hydrogens is 326 g/mol. The Kier molecular flexibility index (Phi) is 4.27. The molecule has 2 fully saturated rings. The molecule has 4 heteroatoms. The van der Waals surface area contributed by atoms with Crippen LogP contribution in [0.3, 0.4) is 0 Å². The largest absolute Gasteiger partial charge is 0.481 e. The van der Waals surface area contributed by atoms with Crippen LogP contribution in [0.1, 0.15) is 34.9 Å². The smallest absolute Gasteiger partial charge is 0.308 e. The monoisotopic (exact) mass is 349 g/mol. The predicted octanol–water partition coefficient (Wildman–Crippen LogP) is 3.43. The molecule has 0 aromatic heterocycles. The van der Waals surface area contributed by atoms with Crippen molar-refractivity contribution in [2.24, 2.45) is 11.8 Å². The fourth-order valence-electron chi connectivity index (χ4n) is 4.32. The minimum atomic E-state index is -0.819. The van der Waals surface area contributed by atoms with Crippen LogP contribution in [0.4, 0.5) is 0 Å². The Balaban J connectivity index is 1.50. The standard InChI is InChI=1S/C22H23NO3/c1-14-7-5-6-10-16(14)17-11-18(17)21(24)23-12-19(20(13-23)22(25)26)15-8-3-2-4-9-15/h2-10,17-20H,11-13H2,1H3,(H,25,26). The molecule has 0 spiro atoms. The van der Waals surface area contributed by atoms with E-state index in [1.807, 2.05) is 42.5 Å². The van der Waals surface area contributed by atoms with E-state index in [0.29, 0.717) is 13.1 Å². The normalized spacial score (nSPS) is 27.3. The molecule has 1 heterocycles. The number of carboxylic acids is 1. The molecule has 1 aliphatic carbocycles. The van der Waals surface area contributed by atoms with Gasteiger partial charge in [-0.25, -0.2) is 0 Å². The molecule has 1 aliphatic heterocycles. The molecule has 0 radical (unpaired) electrons. The second kappa shape index (κ2) is 6.60. The third kappa shape index (κ3) is 3.00. The van der Waals surface area contributed by atoms with E-state index >= 15 is 0 Å². The highest BCUT2D eigenvalue weighted by Gasteiger charge is 2.49. The number of hydrogen-bond donors (Lipinski definition) is 1. The molecule has 1 amide bonds.